The first-order valence-electron chi connectivity index (χ1n) is 9.11. The van der Waals surface area contributed by atoms with Crippen molar-refractivity contribution >= 4 is 27.8 Å². The molecule has 0 aromatic heterocycles. The highest BCUT2D eigenvalue weighted by Gasteiger charge is 2.48. The Balaban J connectivity index is 1.98. The molecule has 150 valence electrons. The predicted molar refractivity (Wildman–Crippen MR) is 113 cm³/mol. The normalized spacial score (nSPS) is 20.1. The van der Waals surface area contributed by atoms with E-state index in [2.05, 4.69) is 0 Å². The minimum atomic E-state index is -3.91. The molecule has 1 atom stereocenters. The van der Waals surface area contributed by atoms with Crippen molar-refractivity contribution in [2.24, 2.45) is 0 Å². The van der Waals surface area contributed by atoms with E-state index in [1.165, 1.54) is 17.3 Å². The smallest absolute Gasteiger partial charge is 0.323 e. The molecule has 0 amide bonds. The van der Waals surface area contributed by atoms with Crippen LogP contribution in [0.3, 0.4) is 0 Å². The van der Waals surface area contributed by atoms with Crippen LogP contribution in [0.4, 0.5) is 0 Å². The molecule has 2 aromatic rings. The molecule has 0 aliphatic carbocycles. The Labute approximate surface area is 170 Å². The molecule has 0 bridgehead atoms. The third kappa shape index (κ3) is 3.71. The quantitative estimate of drug-likeness (QED) is 0.812. The molecule has 1 saturated heterocycles. The third-order valence-electron chi connectivity index (χ3n) is 5.34. The van der Waals surface area contributed by atoms with Gasteiger partial charge in [0.15, 0.2) is 0 Å². The molecular weight excluding hydrogens is 394 g/mol. The van der Waals surface area contributed by atoms with Gasteiger partial charge in [0, 0.05) is 17.0 Å². The molecule has 28 heavy (non-hydrogen) atoms. The molecule has 0 saturated carbocycles. The Morgan fingerprint density at radius 2 is 1.79 bits per heavy atom. The highest BCUT2D eigenvalue weighted by atomic mass is 32.2. The van der Waals surface area contributed by atoms with E-state index in [4.69, 9.17) is 0 Å². The molecule has 5 nitrogen and oxygen atoms in total. The third-order valence-corrected chi connectivity index (χ3v) is 8.58. The van der Waals surface area contributed by atoms with Crippen molar-refractivity contribution in [1.29, 1.82) is 0 Å². The van der Waals surface area contributed by atoms with Gasteiger partial charge in [0.25, 0.3) is 0 Å². The summed E-state index contributed by atoms with van der Waals surface area (Å²) in [4.78, 5) is 12.0. The van der Waals surface area contributed by atoms with Crippen molar-refractivity contribution in [2.45, 2.75) is 43.4 Å². The van der Waals surface area contributed by atoms with Crippen LogP contribution in [0.1, 0.15) is 25.0 Å². The number of aliphatic carboxylic acids is 1. The molecule has 7 heteroatoms. The minimum absolute atomic E-state index is 0.121. The number of nitrogens with zero attached hydrogens (tertiary/aromatic N) is 1. The van der Waals surface area contributed by atoms with E-state index in [9.17, 15) is 18.3 Å². The average Bonchev–Trinajstić information content (AvgIpc) is 2.62. The number of aryl methyl sites for hydroxylation is 1. The van der Waals surface area contributed by atoms with Gasteiger partial charge in [-0.25, -0.2) is 8.42 Å². The Bertz CT molecular complexity index is 998. The Kier molecular flexibility index (Phi) is 5.62. The first-order chi connectivity index (χ1) is 13.1. The molecule has 1 aliphatic heterocycles. The Morgan fingerprint density at radius 3 is 2.39 bits per heavy atom. The highest BCUT2D eigenvalue weighted by Crippen LogP contribution is 2.38. The highest BCUT2D eigenvalue weighted by molar-refractivity contribution is 8.00. The molecule has 3 rings (SSSR count). The van der Waals surface area contributed by atoms with Gasteiger partial charge in [-0.3, -0.25) is 4.79 Å². The van der Waals surface area contributed by atoms with Crippen molar-refractivity contribution in [3.05, 3.63) is 53.6 Å². The maximum absolute atomic E-state index is 13.2. The van der Waals surface area contributed by atoms with Gasteiger partial charge in [-0.1, -0.05) is 30.3 Å². The van der Waals surface area contributed by atoms with Gasteiger partial charge >= 0.3 is 5.97 Å². The lowest BCUT2D eigenvalue weighted by Crippen LogP contribution is -2.58. The van der Waals surface area contributed by atoms with Crippen molar-refractivity contribution in [3.63, 3.8) is 0 Å². The zero-order valence-corrected chi connectivity index (χ0v) is 18.1. The van der Waals surface area contributed by atoms with Crippen LogP contribution in [0, 0.1) is 13.8 Å². The lowest BCUT2D eigenvalue weighted by Gasteiger charge is -2.42. The summed E-state index contributed by atoms with van der Waals surface area (Å²) in [7, 11) is -3.91. The van der Waals surface area contributed by atoms with Crippen molar-refractivity contribution in [3.8, 4) is 11.1 Å². The maximum Gasteiger partial charge on any atom is 0.323 e. The number of hydrogen-bond acceptors (Lipinski definition) is 4. The Morgan fingerprint density at radius 1 is 1.14 bits per heavy atom. The second-order valence-corrected chi connectivity index (χ2v) is 11.2. The molecule has 1 N–H and O–H groups in total. The van der Waals surface area contributed by atoms with Crippen molar-refractivity contribution < 1.29 is 18.3 Å². The van der Waals surface area contributed by atoms with Gasteiger partial charge in [0.2, 0.25) is 10.0 Å². The number of rotatable bonds is 4. The average molecular weight is 420 g/mol. The molecule has 1 fully saturated rings. The van der Waals surface area contributed by atoms with Crippen LogP contribution in [-0.2, 0) is 14.8 Å². The van der Waals surface area contributed by atoms with Gasteiger partial charge in [0.1, 0.15) is 6.04 Å². The number of thioether (sulfide) groups is 1. The number of carboxylic acids is 1. The van der Waals surface area contributed by atoms with E-state index < -0.39 is 26.8 Å². The van der Waals surface area contributed by atoms with Gasteiger partial charge < -0.3 is 5.11 Å². The fourth-order valence-corrected chi connectivity index (χ4v) is 6.73. The number of benzene rings is 2. The number of carbonyl (C=O) groups is 1. The van der Waals surface area contributed by atoms with Gasteiger partial charge in [-0.05, 0) is 62.1 Å². The van der Waals surface area contributed by atoms with E-state index >= 15 is 0 Å². The summed E-state index contributed by atoms with van der Waals surface area (Å²) in [5.74, 6) is -0.552. The summed E-state index contributed by atoms with van der Waals surface area (Å²) in [5.41, 5.74) is 4.32. The molecular formula is C21H25NO4S2. The van der Waals surface area contributed by atoms with E-state index in [1.807, 2.05) is 32.0 Å². The molecule has 1 heterocycles. The SMILES string of the molecule is Cc1cccc(-c2ccc(S(=O)(=O)N3CCSC(C)(C)C3C(=O)O)cc2)c1C. The molecule has 2 aromatic carbocycles. The van der Waals surface area contributed by atoms with Gasteiger partial charge in [0.05, 0.1) is 4.90 Å². The first-order valence-corrected chi connectivity index (χ1v) is 11.5. The standard InChI is InChI=1S/C21H25NO4S2/c1-14-6-5-7-18(15(14)2)16-8-10-17(11-9-16)28(25,26)22-12-13-27-21(3,4)19(22)20(23)24/h5-11,19H,12-13H2,1-4H3,(H,23,24). The topological polar surface area (TPSA) is 74.7 Å². The number of hydrogen-bond donors (Lipinski definition) is 1. The fourth-order valence-electron chi connectivity index (χ4n) is 3.64. The maximum atomic E-state index is 13.2. The minimum Gasteiger partial charge on any atom is -0.480 e. The van der Waals surface area contributed by atoms with Gasteiger partial charge in [-0.15, -0.1) is 0 Å². The zero-order chi connectivity index (χ0) is 20.7. The van der Waals surface area contributed by atoms with Crippen LogP contribution in [0.15, 0.2) is 47.4 Å². The second kappa shape index (κ2) is 7.54. The fraction of sp³-hybridized carbons (Fsp3) is 0.381. The molecule has 0 radical (unpaired) electrons. The van der Waals surface area contributed by atoms with Gasteiger partial charge in [-0.2, -0.15) is 16.1 Å². The van der Waals surface area contributed by atoms with Crippen LogP contribution < -0.4 is 0 Å². The van der Waals surface area contributed by atoms with E-state index in [0.717, 1.165) is 21.0 Å². The largest absolute Gasteiger partial charge is 0.480 e. The summed E-state index contributed by atoms with van der Waals surface area (Å²) in [5, 5.41) is 9.68. The number of carboxylic acid groups (broad SMARTS) is 1. The lowest BCUT2D eigenvalue weighted by molar-refractivity contribution is -0.142. The molecule has 0 spiro atoms. The summed E-state index contributed by atoms with van der Waals surface area (Å²) >= 11 is 1.49. The van der Waals surface area contributed by atoms with Crippen LogP contribution in [0.2, 0.25) is 0 Å². The van der Waals surface area contributed by atoms with Crippen LogP contribution >= 0.6 is 11.8 Å². The van der Waals surface area contributed by atoms with Crippen LogP contribution in [0.5, 0.6) is 0 Å². The van der Waals surface area contributed by atoms with E-state index in [1.54, 1.807) is 38.1 Å². The first kappa shape index (κ1) is 20.9. The van der Waals surface area contributed by atoms with Crippen molar-refractivity contribution in [2.75, 3.05) is 12.3 Å². The second-order valence-electron chi connectivity index (χ2n) is 7.58. The van der Waals surface area contributed by atoms with Crippen LogP contribution in [-0.4, -0.2) is 46.9 Å². The molecule has 1 aliphatic rings. The van der Waals surface area contributed by atoms with Crippen LogP contribution in [0.25, 0.3) is 11.1 Å². The summed E-state index contributed by atoms with van der Waals surface area (Å²) < 4.78 is 26.9. The zero-order valence-electron chi connectivity index (χ0n) is 16.5. The summed E-state index contributed by atoms with van der Waals surface area (Å²) in [6.45, 7) is 7.83. The van der Waals surface area contributed by atoms with E-state index in [-0.39, 0.29) is 11.4 Å². The molecule has 1 unspecified atom stereocenters. The monoisotopic (exact) mass is 419 g/mol. The summed E-state index contributed by atoms with van der Waals surface area (Å²) in [6.07, 6.45) is 0. The Hall–Kier alpha value is -1.83. The number of sulfonamides is 1. The predicted octanol–water partition coefficient (Wildman–Crippen LogP) is 3.94. The van der Waals surface area contributed by atoms with Crippen molar-refractivity contribution in [1.82, 2.24) is 4.31 Å². The van der Waals surface area contributed by atoms with E-state index in [0.29, 0.717) is 5.75 Å². The lowest BCUT2D eigenvalue weighted by atomic mass is 9.97. The summed E-state index contributed by atoms with van der Waals surface area (Å²) in [6, 6.07) is 11.6.